The molecule has 11 heteroatoms. The Morgan fingerprint density at radius 2 is 2.35 bits per heavy atom. The number of carboxylic acids is 1. The Labute approximate surface area is 136 Å². The van der Waals surface area contributed by atoms with E-state index < -0.39 is 31.0 Å². The van der Waals surface area contributed by atoms with Crippen LogP contribution < -0.4 is 11.1 Å². The molecule has 5 N–H and O–H groups in total. The maximum atomic E-state index is 12.3. The number of nitrogens with zero attached hydrogens (tertiary/aromatic N) is 2. The number of carboxylic acid groups (broad SMARTS) is 1. The first-order valence-corrected chi connectivity index (χ1v) is 7.83. The van der Waals surface area contributed by atoms with E-state index in [1.807, 2.05) is 0 Å². The third kappa shape index (κ3) is 4.50. The van der Waals surface area contributed by atoms with Gasteiger partial charge in [0.1, 0.15) is 11.4 Å². The van der Waals surface area contributed by atoms with Crippen molar-refractivity contribution in [3.63, 3.8) is 0 Å². The van der Waals surface area contributed by atoms with Crippen molar-refractivity contribution in [1.82, 2.24) is 10.3 Å². The van der Waals surface area contributed by atoms with Crippen LogP contribution >= 0.6 is 11.3 Å². The standard InChI is InChI=1S/C12H17BN4O5S/c1-15-10(7-5-23-12(14)16-7)11(20)17-8-3-2-6(4-9(18)19)22-13(8)21/h5-6,8,21H,2-4H2,1H3,(H2,14,16)(H,17,20)(H,18,19)/b15-10+/t6-,8-/m0/s1. The molecule has 0 aromatic carbocycles. The number of carbonyl (C=O) groups is 2. The summed E-state index contributed by atoms with van der Waals surface area (Å²) in [5.41, 5.74) is 6.02. The van der Waals surface area contributed by atoms with Crippen LogP contribution in [-0.2, 0) is 14.2 Å². The highest BCUT2D eigenvalue weighted by atomic mass is 32.1. The quantitative estimate of drug-likeness (QED) is 0.409. The topological polar surface area (TPSA) is 147 Å². The minimum absolute atomic E-state index is 0.109. The summed E-state index contributed by atoms with van der Waals surface area (Å²) < 4.78 is 5.22. The largest absolute Gasteiger partial charge is 0.481 e. The molecule has 1 aromatic rings. The van der Waals surface area contributed by atoms with Gasteiger partial charge in [-0.05, 0) is 12.8 Å². The molecule has 0 aliphatic carbocycles. The summed E-state index contributed by atoms with van der Waals surface area (Å²) in [4.78, 5) is 30.9. The number of hydrogen-bond donors (Lipinski definition) is 4. The molecule has 1 aliphatic heterocycles. The molecule has 0 saturated carbocycles. The Bertz CT molecular complexity index is 622. The van der Waals surface area contributed by atoms with E-state index in [4.69, 9.17) is 15.5 Å². The predicted octanol–water partition coefficient (Wildman–Crippen LogP) is -0.698. The van der Waals surface area contributed by atoms with Gasteiger partial charge < -0.3 is 25.8 Å². The Balaban J connectivity index is 1.96. The zero-order chi connectivity index (χ0) is 17.0. The van der Waals surface area contributed by atoms with Crippen LogP contribution in [0, 0.1) is 0 Å². The van der Waals surface area contributed by atoms with Gasteiger partial charge in [-0.1, -0.05) is 0 Å². The van der Waals surface area contributed by atoms with Gasteiger partial charge in [0.15, 0.2) is 5.13 Å². The second kappa shape index (κ2) is 7.53. The van der Waals surface area contributed by atoms with Crippen LogP contribution in [0.25, 0.3) is 0 Å². The number of rotatable bonds is 5. The monoisotopic (exact) mass is 340 g/mol. The van der Waals surface area contributed by atoms with Gasteiger partial charge in [0, 0.05) is 12.4 Å². The van der Waals surface area contributed by atoms with E-state index in [2.05, 4.69) is 15.3 Å². The van der Waals surface area contributed by atoms with Crippen molar-refractivity contribution in [2.75, 3.05) is 12.8 Å². The van der Waals surface area contributed by atoms with E-state index in [1.54, 1.807) is 5.38 Å². The fraction of sp³-hybridized carbons (Fsp3) is 0.500. The second-order valence-corrected chi connectivity index (χ2v) is 5.94. The summed E-state index contributed by atoms with van der Waals surface area (Å²) in [7, 11) is 0.192. The van der Waals surface area contributed by atoms with E-state index in [0.717, 1.165) is 0 Å². The molecule has 1 aliphatic rings. The summed E-state index contributed by atoms with van der Waals surface area (Å²) in [6, 6.07) is 0. The molecule has 0 unspecified atom stereocenters. The van der Waals surface area contributed by atoms with Gasteiger partial charge in [-0.25, -0.2) is 4.98 Å². The van der Waals surface area contributed by atoms with Crippen molar-refractivity contribution < 1.29 is 24.4 Å². The molecule has 0 spiro atoms. The fourth-order valence-electron chi connectivity index (χ4n) is 2.32. The number of nitrogens with one attached hydrogen (secondary N) is 1. The van der Waals surface area contributed by atoms with Crippen molar-refractivity contribution in [3.05, 3.63) is 11.1 Å². The Hall–Kier alpha value is -1.98. The predicted molar refractivity (Wildman–Crippen MR) is 85.3 cm³/mol. The number of carbonyl (C=O) groups excluding carboxylic acids is 1. The molecule has 2 atom stereocenters. The molecule has 124 valence electrons. The van der Waals surface area contributed by atoms with E-state index in [-0.39, 0.29) is 12.1 Å². The lowest BCUT2D eigenvalue weighted by molar-refractivity contribution is -0.139. The number of aliphatic imine (C=N–C) groups is 1. The third-order valence-corrected chi connectivity index (χ3v) is 4.07. The van der Waals surface area contributed by atoms with Crippen LogP contribution in [-0.4, -0.2) is 58.9 Å². The number of hydrogen-bond acceptors (Lipinski definition) is 8. The molecule has 1 aromatic heterocycles. The Morgan fingerprint density at radius 1 is 1.61 bits per heavy atom. The minimum Gasteiger partial charge on any atom is -0.481 e. The van der Waals surface area contributed by atoms with Gasteiger partial charge >= 0.3 is 13.1 Å². The number of nitrogen functional groups attached to an aromatic ring is 1. The zero-order valence-electron chi connectivity index (χ0n) is 12.4. The van der Waals surface area contributed by atoms with Crippen LogP contribution in [0.15, 0.2) is 10.4 Å². The Kier molecular flexibility index (Phi) is 5.69. The number of amides is 1. The average Bonchev–Trinajstić information content (AvgIpc) is 2.88. The summed E-state index contributed by atoms with van der Waals surface area (Å²) in [5, 5.41) is 23.2. The summed E-state index contributed by atoms with van der Waals surface area (Å²) >= 11 is 1.19. The highest BCUT2D eigenvalue weighted by Gasteiger charge is 2.37. The lowest BCUT2D eigenvalue weighted by Crippen LogP contribution is -2.54. The number of nitrogens with two attached hydrogens (primary N) is 1. The fourth-order valence-corrected chi connectivity index (χ4v) is 2.87. The van der Waals surface area contributed by atoms with Gasteiger partial charge in [0.05, 0.1) is 18.5 Å². The Morgan fingerprint density at radius 3 is 2.87 bits per heavy atom. The first kappa shape index (κ1) is 17.4. The van der Waals surface area contributed by atoms with E-state index in [0.29, 0.717) is 23.7 Å². The molecule has 9 nitrogen and oxygen atoms in total. The highest BCUT2D eigenvalue weighted by Crippen LogP contribution is 2.19. The van der Waals surface area contributed by atoms with Crippen molar-refractivity contribution in [1.29, 1.82) is 0 Å². The number of thiazole rings is 1. The summed E-state index contributed by atoms with van der Waals surface area (Å²) in [5.74, 6) is -2.13. The van der Waals surface area contributed by atoms with Gasteiger partial charge in [-0.2, -0.15) is 0 Å². The highest BCUT2D eigenvalue weighted by molar-refractivity contribution is 7.13. The molecule has 2 rings (SSSR count). The van der Waals surface area contributed by atoms with Gasteiger partial charge in [0.25, 0.3) is 5.91 Å². The van der Waals surface area contributed by atoms with Gasteiger partial charge in [0.2, 0.25) is 0 Å². The smallest absolute Gasteiger partial charge is 0.478 e. The lowest BCUT2D eigenvalue weighted by atomic mass is 9.72. The first-order valence-electron chi connectivity index (χ1n) is 6.95. The molecule has 1 amide bonds. The number of aliphatic carboxylic acids is 1. The molecule has 0 bridgehead atoms. The van der Waals surface area contributed by atoms with E-state index in [1.165, 1.54) is 18.4 Å². The summed E-state index contributed by atoms with van der Waals surface area (Å²) in [6.45, 7) is 0. The van der Waals surface area contributed by atoms with Crippen molar-refractivity contribution >= 4 is 41.2 Å². The molecular weight excluding hydrogens is 323 g/mol. The normalized spacial score (nSPS) is 22.0. The molecule has 23 heavy (non-hydrogen) atoms. The number of aromatic nitrogens is 1. The van der Waals surface area contributed by atoms with Crippen molar-refractivity contribution in [3.8, 4) is 0 Å². The lowest BCUT2D eigenvalue weighted by Gasteiger charge is -2.30. The van der Waals surface area contributed by atoms with E-state index in [9.17, 15) is 14.6 Å². The maximum absolute atomic E-state index is 12.3. The maximum Gasteiger partial charge on any atom is 0.478 e. The third-order valence-electron chi connectivity index (χ3n) is 3.40. The molecule has 1 fully saturated rings. The minimum atomic E-state index is -1.27. The summed E-state index contributed by atoms with van der Waals surface area (Å²) in [6.07, 6.45) is 0.0862. The van der Waals surface area contributed by atoms with Crippen molar-refractivity contribution in [2.24, 2.45) is 4.99 Å². The van der Waals surface area contributed by atoms with Crippen LogP contribution in [0.5, 0.6) is 0 Å². The van der Waals surface area contributed by atoms with Crippen LogP contribution in [0.3, 0.4) is 0 Å². The molecule has 2 heterocycles. The van der Waals surface area contributed by atoms with Gasteiger partial charge in [-0.3, -0.25) is 14.6 Å². The first-order chi connectivity index (χ1) is 10.9. The SMILES string of the molecule is C/N=C(/C(=O)N[C@H]1CC[C@@H](CC(=O)O)OB1O)c1csc(N)n1. The average molecular weight is 340 g/mol. The molecular formula is C12H17BN4O5S. The van der Waals surface area contributed by atoms with E-state index >= 15 is 0 Å². The van der Waals surface area contributed by atoms with Gasteiger partial charge in [-0.15, -0.1) is 11.3 Å². The second-order valence-electron chi connectivity index (χ2n) is 5.05. The molecule has 0 radical (unpaired) electrons. The van der Waals surface area contributed by atoms with Crippen molar-refractivity contribution in [2.45, 2.75) is 31.3 Å². The zero-order valence-corrected chi connectivity index (χ0v) is 13.2. The van der Waals surface area contributed by atoms with Crippen LogP contribution in [0.1, 0.15) is 25.0 Å². The van der Waals surface area contributed by atoms with Crippen LogP contribution in [0.4, 0.5) is 5.13 Å². The molecule has 1 saturated heterocycles. The number of anilines is 1. The van der Waals surface area contributed by atoms with Crippen LogP contribution in [0.2, 0.25) is 0 Å².